The van der Waals surface area contributed by atoms with E-state index in [1.807, 2.05) is 44.2 Å². The highest BCUT2D eigenvalue weighted by Gasteiger charge is 2.28. The summed E-state index contributed by atoms with van der Waals surface area (Å²) in [5.74, 6) is -2.64. The standard InChI is InChI=1S/C37H59N5O5/c1-4-5-6-7-8-9-10-11-12-13-14-15-16-17-18-23-34(43)40-41-37(46)33(27-31-25-29-21-19-20-22-32(29)38-31)39-36(45)30(24-28(2)3)26-35(44)42-47/h11-12,19-22,25,28,30,33,38,47H,4-10,13-18,23-24,26-27H2,1-3H3,(H,39,45)(H,40,43)(H,41,46)(H,42,44)/b12-11-/t30-,33+/m1/s1. The zero-order valence-electron chi connectivity index (χ0n) is 28.9. The lowest BCUT2D eigenvalue weighted by atomic mass is 9.92. The summed E-state index contributed by atoms with van der Waals surface area (Å²) in [5.41, 5.74) is 8.20. The van der Waals surface area contributed by atoms with Crippen molar-refractivity contribution >= 4 is 34.5 Å². The van der Waals surface area contributed by atoms with Crippen LogP contribution in [0.4, 0.5) is 0 Å². The molecular weight excluding hydrogens is 594 g/mol. The van der Waals surface area contributed by atoms with Crippen LogP contribution in [0.25, 0.3) is 10.9 Å². The Morgan fingerprint density at radius 1 is 0.809 bits per heavy atom. The van der Waals surface area contributed by atoms with Gasteiger partial charge in [-0.2, -0.15) is 0 Å². The molecule has 0 saturated heterocycles. The molecule has 0 radical (unpaired) electrons. The van der Waals surface area contributed by atoms with Gasteiger partial charge in [-0.15, -0.1) is 0 Å². The first-order valence-electron chi connectivity index (χ1n) is 17.8. The number of hydrazine groups is 1. The van der Waals surface area contributed by atoms with E-state index in [0.717, 1.165) is 55.1 Å². The Morgan fingerprint density at radius 3 is 2.09 bits per heavy atom. The summed E-state index contributed by atoms with van der Waals surface area (Å²) < 4.78 is 0. The summed E-state index contributed by atoms with van der Waals surface area (Å²) in [4.78, 5) is 54.2. The van der Waals surface area contributed by atoms with Crippen LogP contribution in [0.5, 0.6) is 0 Å². The Bertz CT molecular complexity index is 1210. The third-order valence-electron chi connectivity index (χ3n) is 8.32. The van der Waals surface area contributed by atoms with Crippen molar-refractivity contribution in [1.29, 1.82) is 0 Å². The van der Waals surface area contributed by atoms with E-state index >= 15 is 0 Å². The number of allylic oxidation sites excluding steroid dienone is 2. The molecule has 0 saturated carbocycles. The number of amides is 4. The highest BCUT2D eigenvalue weighted by Crippen LogP contribution is 2.19. The van der Waals surface area contributed by atoms with Gasteiger partial charge >= 0.3 is 0 Å². The Labute approximate surface area is 281 Å². The Kier molecular flexibility index (Phi) is 19.9. The van der Waals surface area contributed by atoms with Crippen LogP contribution in [-0.2, 0) is 25.6 Å². The second-order valence-electron chi connectivity index (χ2n) is 13.1. The van der Waals surface area contributed by atoms with Crippen molar-refractivity contribution < 1.29 is 24.4 Å². The van der Waals surface area contributed by atoms with E-state index in [1.54, 1.807) is 5.48 Å². The molecule has 0 unspecified atom stereocenters. The second kappa shape index (κ2) is 23.6. The van der Waals surface area contributed by atoms with Gasteiger partial charge in [-0.25, -0.2) is 5.48 Å². The van der Waals surface area contributed by atoms with Gasteiger partial charge in [0, 0.05) is 36.4 Å². The molecule has 0 spiro atoms. The number of benzene rings is 1. The lowest BCUT2D eigenvalue weighted by Gasteiger charge is -2.23. The first-order chi connectivity index (χ1) is 22.7. The van der Waals surface area contributed by atoms with E-state index < -0.39 is 29.7 Å². The number of nitrogens with one attached hydrogen (secondary N) is 5. The SMILES string of the molecule is CCCCCCCC/C=C\CCCCCCCC(=O)NNC(=O)[C@H](Cc1cc2ccccc2[nH]1)NC(=O)[C@@H](CC(=O)NO)CC(C)C. The molecule has 10 heteroatoms. The van der Waals surface area contributed by atoms with Crippen molar-refractivity contribution in [3.05, 3.63) is 48.2 Å². The van der Waals surface area contributed by atoms with Crippen molar-refractivity contribution in [3.63, 3.8) is 0 Å². The number of carbonyl (C=O) groups excluding carboxylic acids is 4. The van der Waals surface area contributed by atoms with Gasteiger partial charge < -0.3 is 10.3 Å². The van der Waals surface area contributed by atoms with Gasteiger partial charge in [-0.05, 0) is 62.0 Å². The smallest absolute Gasteiger partial charge is 0.261 e. The minimum atomic E-state index is -1.01. The lowest BCUT2D eigenvalue weighted by molar-refractivity contribution is -0.137. The van der Waals surface area contributed by atoms with E-state index in [0.29, 0.717) is 12.8 Å². The van der Waals surface area contributed by atoms with E-state index in [4.69, 9.17) is 5.21 Å². The first-order valence-corrected chi connectivity index (χ1v) is 17.8. The zero-order valence-corrected chi connectivity index (χ0v) is 28.9. The minimum absolute atomic E-state index is 0.106. The molecule has 262 valence electrons. The molecule has 0 aliphatic heterocycles. The van der Waals surface area contributed by atoms with Gasteiger partial charge in [0.25, 0.3) is 5.91 Å². The van der Waals surface area contributed by atoms with Crippen molar-refractivity contribution in [2.24, 2.45) is 11.8 Å². The summed E-state index contributed by atoms with van der Waals surface area (Å²) in [6, 6.07) is 8.60. The molecule has 0 aliphatic carbocycles. The molecule has 1 aromatic heterocycles. The maximum Gasteiger partial charge on any atom is 0.261 e. The second-order valence-corrected chi connectivity index (χ2v) is 13.1. The minimum Gasteiger partial charge on any atom is -0.358 e. The number of carbonyl (C=O) groups is 4. The predicted octanol–water partition coefficient (Wildman–Crippen LogP) is 6.94. The van der Waals surface area contributed by atoms with Crippen LogP contribution in [0, 0.1) is 11.8 Å². The highest BCUT2D eigenvalue weighted by molar-refractivity contribution is 5.92. The highest BCUT2D eigenvalue weighted by atomic mass is 16.5. The summed E-state index contributed by atoms with van der Waals surface area (Å²) in [6.07, 6.45) is 20.5. The van der Waals surface area contributed by atoms with Gasteiger partial charge in [0.05, 0.1) is 0 Å². The van der Waals surface area contributed by atoms with Crippen molar-refractivity contribution in [1.82, 2.24) is 26.6 Å². The molecule has 1 aromatic carbocycles. The fourth-order valence-electron chi connectivity index (χ4n) is 5.72. The average Bonchev–Trinajstić information content (AvgIpc) is 3.47. The number of aromatic nitrogens is 1. The Balaban J connectivity index is 1.78. The molecule has 10 nitrogen and oxygen atoms in total. The molecular formula is C37H59N5O5. The van der Waals surface area contributed by atoms with Gasteiger partial charge in [-0.1, -0.05) is 102 Å². The number of unbranched alkanes of at least 4 members (excludes halogenated alkanes) is 11. The number of hydrogen-bond acceptors (Lipinski definition) is 5. The monoisotopic (exact) mass is 653 g/mol. The maximum atomic E-state index is 13.3. The zero-order chi connectivity index (χ0) is 34.3. The summed E-state index contributed by atoms with van der Waals surface area (Å²) in [7, 11) is 0. The fraction of sp³-hybridized carbons (Fsp3) is 0.622. The number of aromatic amines is 1. The van der Waals surface area contributed by atoms with Gasteiger partial charge in [0.15, 0.2) is 0 Å². The Hall–Kier alpha value is -3.66. The van der Waals surface area contributed by atoms with Crippen LogP contribution in [0.1, 0.15) is 129 Å². The molecule has 2 rings (SSSR count). The lowest BCUT2D eigenvalue weighted by Crippen LogP contribution is -2.54. The molecule has 0 aliphatic rings. The van der Waals surface area contributed by atoms with E-state index in [1.165, 1.54) is 44.9 Å². The summed E-state index contributed by atoms with van der Waals surface area (Å²) in [6.45, 7) is 6.10. The first kappa shape index (κ1) is 39.5. The van der Waals surface area contributed by atoms with Crippen molar-refractivity contribution in [2.75, 3.05) is 0 Å². The molecule has 4 amide bonds. The van der Waals surface area contributed by atoms with Gasteiger partial charge in [-0.3, -0.25) is 35.2 Å². The topological polar surface area (TPSA) is 152 Å². The van der Waals surface area contributed by atoms with Crippen molar-refractivity contribution in [2.45, 2.75) is 136 Å². The number of fused-ring (bicyclic) bond motifs is 1. The molecule has 0 fully saturated rings. The van der Waals surface area contributed by atoms with Crippen LogP contribution < -0.4 is 21.6 Å². The van der Waals surface area contributed by atoms with E-state index in [2.05, 4.69) is 40.2 Å². The normalized spacial score (nSPS) is 12.7. The van der Waals surface area contributed by atoms with Gasteiger partial charge in [0.2, 0.25) is 17.7 Å². The van der Waals surface area contributed by atoms with Crippen LogP contribution in [0.15, 0.2) is 42.5 Å². The van der Waals surface area contributed by atoms with E-state index in [-0.39, 0.29) is 24.7 Å². The quantitative estimate of drug-likeness (QED) is 0.0314. The van der Waals surface area contributed by atoms with Crippen LogP contribution >= 0.6 is 0 Å². The molecule has 0 bridgehead atoms. The number of H-pyrrole nitrogens is 1. The molecule has 1 heterocycles. The largest absolute Gasteiger partial charge is 0.358 e. The van der Waals surface area contributed by atoms with Crippen LogP contribution in [0.2, 0.25) is 0 Å². The Morgan fingerprint density at radius 2 is 1.45 bits per heavy atom. The molecule has 2 aromatic rings. The average molecular weight is 654 g/mol. The van der Waals surface area contributed by atoms with E-state index in [9.17, 15) is 19.2 Å². The summed E-state index contributed by atoms with van der Waals surface area (Å²) in [5, 5.41) is 12.7. The number of rotatable bonds is 24. The summed E-state index contributed by atoms with van der Waals surface area (Å²) >= 11 is 0. The molecule has 6 N–H and O–H groups in total. The predicted molar refractivity (Wildman–Crippen MR) is 187 cm³/mol. The van der Waals surface area contributed by atoms with Gasteiger partial charge in [0.1, 0.15) is 6.04 Å². The number of para-hydroxylation sites is 1. The van der Waals surface area contributed by atoms with Crippen molar-refractivity contribution in [3.8, 4) is 0 Å². The maximum absolute atomic E-state index is 13.3. The fourth-order valence-corrected chi connectivity index (χ4v) is 5.72. The van der Waals surface area contributed by atoms with Crippen LogP contribution in [-0.4, -0.2) is 39.9 Å². The molecule has 47 heavy (non-hydrogen) atoms. The van der Waals surface area contributed by atoms with Crippen LogP contribution in [0.3, 0.4) is 0 Å². The number of hydroxylamine groups is 1. The molecule has 2 atom stereocenters. The third-order valence-corrected chi connectivity index (χ3v) is 8.32. The third kappa shape index (κ3) is 17.2. The number of hydrogen-bond donors (Lipinski definition) is 6.